The predicted molar refractivity (Wildman–Crippen MR) is 170 cm³/mol. The van der Waals surface area contributed by atoms with Crippen LogP contribution in [0.3, 0.4) is 0 Å². The topological polar surface area (TPSA) is 94.2 Å². The highest BCUT2D eigenvalue weighted by Gasteiger charge is 2.35. The van der Waals surface area contributed by atoms with Gasteiger partial charge in [-0.25, -0.2) is 0 Å². The molecule has 5 rings (SSSR count). The molecule has 1 aliphatic heterocycles. The molecule has 43 heavy (non-hydrogen) atoms. The SMILES string of the molecule is CCOc1cc(/C=C2\SC(=O)N(CCOc3cccc4ccccc34)C2=O)ccc1OCC(=O)Nc1ccc(C)c(Cl)c1. The highest BCUT2D eigenvalue weighted by atomic mass is 35.5. The zero-order valence-electron chi connectivity index (χ0n) is 23.6. The number of hydrogen-bond donors (Lipinski definition) is 1. The van der Waals surface area contributed by atoms with E-state index in [-0.39, 0.29) is 36.8 Å². The van der Waals surface area contributed by atoms with Gasteiger partial charge in [-0.3, -0.25) is 19.3 Å². The number of imide groups is 1. The maximum Gasteiger partial charge on any atom is 0.293 e. The second-order valence-electron chi connectivity index (χ2n) is 9.60. The normalized spacial score (nSPS) is 13.9. The molecule has 0 aliphatic carbocycles. The molecular weight excluding hydrogens is 588 g/mol. The number of aryl methyl sites for hydroxylation is 1. The lowest BCUT2D eigenvalue weighted by molar-refractivity contribution is -0.123. The molecule has 0 atom stereocenters. The first-order valence-electron chi connectivity index (χ1n) is 13.6. The average molecular weight is 617 g/mol. The first kappa shape index (κ1) is 30.0. The Balaban J connectivity index is 1.21. The van der Waals surface area contributed by atoms with E-state index in [4.69, 9.17) is 25.8 Å². The Bertz CT molecular complexity index is 1720. The van der Waals surface area contributed by atoms with E-state index in [1.54, 1.807) is 36.4 Å². The fraction of sp³-hybridized carbons (Fsp3) is 0.182. The zero-order chi connectivity index (χ0) is 30.3. The van der Waals surface area contributed by atoms with E-state index in [0.717, 1.165) is 28.1 Å². The van der Waals surface area contributed by atoms with Crippen molar-refractivity contribution in [2.75, 3.05) is 31.7 Å². The molecule has 1 fully saturated rings. The molecule has 3 amide bonds. The van der Waals surface area contributed by atoms with Gasteiger partial charge in [0.2, 0.25) is 0 Å². The van der Waals surface area contributed by atoms with Crippen LogP contribution in [0.1, 0.15) is 18.1 Å². The van der Waals surface area contributed by atoms with Crippen LogP contribution in [0, 0.1) is 6.92 Å². The van der Waals surface area contributed by atoms with E-state index in [9.17, 15) is 14.4 Å². The monoisotopic (exact) mass is 616 g/mol. The molecule has 0 radical (unpaired) electrons. The van der Waals surface area contributed by atoms with Crippen LogP contribution in [0.2, 0.25) is 5.02 Å². The van der Waals surface area contributed by atoms with Crippen molar-refractivity contribution in [3.05, 3.63) is 99.9 Å². The Hall–Kier alpha value is -4.47. The number of fused-ring (bicyclic) bond motifs is 1. The van der Waals surface area contributed by atoms with Gasteiger partial charge in [-0.2, -0.15) is 0 Å². The van der Waals surface area contributed by atoms with Gasteiger partial charge < -0.3 is 19.5 Å². The van der Waals surface area contributed by atoms with Crippen molar-refractivity contribution in [1.82, 2.24) is 4.90 Å². The number of halogens is 1. The van der Waals surface area contributed by atoms with Crippen molar-refractivity contribution in [2.24, 2.45) is 0 Å². The third kappa shape index (κ3) is 7.31. The molecule has 0 saturated carbocycles. The van der Waals surface area contributed by atoms with Crippen LogP contribution >= 0.6 is 23.4 Å². The lowest BCUT2D eigenvalue weighted by Crippen LogP contribution is -2.32. The maximum absolute atomic E-state index is 13.1. The van der Waals surface area contributed by atoms with Crippen molar-refractivity contribution in [1.29, 1.82) is 0 Å². The number of anilines is 1. The highest BCUT2D eigenvalue weighted by molar-refractivity contribution is 8.18. The predicted octanol–water partition coefficient (Wildman–Crippen LogP) is 7.33. The number of nitrogens with zero attached hydrogens (tertiary/aromatic N) is 1. The first-order valence-corrected chi connectivity index (χ1v) is 14.8. The summed E-state index contributed by atoms with van der Waals surface area (Å²) in [7, 11) is 0. The lowest BCUT2D eigenvalue weighted by atomic mass is 10.1. The highest BCUT2D eigenvalue weighted by Crippen LogP contribution is 2.35. The van der Waals surface area contributed by atoms with Gasteiger partial charge in [0.15, 0.2) is 18.1 Å². The van der Waals surface area contributed by atoms with Crippen molar-refractivity contribution in [3.63, 3.8) is 0 Å². The summed E-state index contributed by atoms with van der Waals surface area (Å²) >= 11 is 7.01. The van der Waals surface area contributed by atoms with Gasteiger partial charge in [-0.15, -0.1) is 0 Å². The second-order valence-corrected chi connectivity index (χ2v) is 11.0. The third-order valence-electron chi connectivity index (χ3n) is 6.58. The second kappa shape index (κ2) is 13.7. The summed E-state index contributed by atoms with van der Waals surface area (Å²) in [5.74, 6) is 0.732. The Morgan fingerprint density at radius 2 is 1.74 bits per heavy atom. The van der Waals surface area contributed by atoms with Gasteiger partial charge in [0.25, 0.3) is 17.1 Å². The standard InChI is InChI=1S/C33H29ClN2O6S/c1-3-40-29-17-22(12-14-28(29)42-20-31(37)35-24-13-11-21(2)26(34)19-24)18-30-32(38)36(33(39)43-30)15-16-41-27-10-6-8-23-7-4-5-9-25(23)27/h4-14,17-19H,3,15-16,20H2,1-2H3,(H,35,37)/b30-18-. The van der Waals surface area contributed by atoms with E-state index in [0.29, 0.717) is 45.0 Å². The minimum atomic E-state index is -0.386. The number of hydrogen-bond acceptors (Lipinski definition) is 7. The Morgan fingerprint density at radius 3 is 2.56 bits per heavy atom. The van der Waals surface area contributed by atoms with E-state index < -0.39 is 0 Å². The molecule has 0 bridgehead atoms. The fourth-order valence-corrected chi connectivity index (χ4v) is 5.47. The van der Waals surface area contributed by atoms with Crippen LogP contribution < -0.4 is 19.5 Å². The van der Waals surface area contributed by atoms with Crippen LogP contribution in [0.5, 0.6) is 17.2 Å². The van der Waals surface area contributed by atoms with Crippen LogP contribution in [-0.2, 0) is 9.59 Å². The molecule has 1 aliphatic rings. The maximum atomic E-state index is 13.1. The molecule has 220 valence electrons. The minimum Gasteiger partial charge on any atom is -0.491 e. The summed E-state index contributed by atoms with van der Waals surface area (Å²) in [5.41, 5.74) is 2.12. The van der Waals surface area contributed by atoms with Crippen LogP contribution in [0.25, 0.3) is 16.8 Å². The van der Waals surface area contributed by atoms with Gasteiger partial charge in [-0.1, -0.05) is 60.1 Å². The number of carbonyl (C=O) groups is 3. The number of amides is 3. The summed E-state index contributed by atoms with van der Waals surface area (Å²) in [5, 5.41) is 4.96. The molecule has 4 aromatic rings. The summed E-state index contributed by atoms with van der Waals surface area (Å²) in [6.45, 7) is 4.12. The summed E-state index contributed by atoms with van der Waals surface area (Å²) in [6.07, 6.45) is 1.64. The largest absolute Gasteiger partial charge is 0.491 e. The number of carbonyl (C=O) groups excluding carboxylic acids is 3. The number of benzene rings is 4. The van der Waals surface area contributed by atoms with Gasteiger partial charge in [-0.05, 0) is 78.5 Å². The molecule has 0 unspecified atom stereocenters. The van der Waals surface area contributed by atoms with Crippen molar-refractivity contribution in [3.8, 4) is 17.2 Å². The molecule has 1 heterocycles. The summed E-state index contributed by atoms with van der Waals surface area (Å²) in [4.78, 5) is 39.7. The van der Waals surface area contributed by atoms with E-state index in [1.807, 2.05) is 62.4 Å². The quantitative estimate of drug-likeness (QED) is 0.176. The van der Waals surface area contributed by atoms with Crippen molar-refractivity contribution >= 4 is 63.0 Å². The minimum absolute atomic E-state index is 0.124. The van der Waals surface area contributed by atoms with Gasteiger partial charge >= 0.3 is 0 Å². The lowest BCUT2D eigenvalue weighted by Gasteiger charge is -2.14. The molecule has 4 aromatic carbocycles. The van der Waals surface area contributed by atoms with Gasteiger partial charge in [0, 0.05) is 16.1 Å². The van der Waals surface area contributed by atoms with E-state index >= 15 is 0 Å². The van der Waals surface area contributed by atoms with Crippen LogP contribution in [0.15, 0.2) is 83.8 Å². The first-order chi connectivity index (χ1) is 20.8. The molecule has 1 N–H and O–H groups in total. The Labute approximate surface area is 258 Å². The van der Waals surface area contributed by atoms with Crippen molar-refractivity contribution in [2.45, 2.75) is 13.8 Å². The van der Waals surface area contributed by atoms with Crippen LogP contribution in [-0.4, -0.2) is 48.3 Å². The molecule has 0 aromatic heterocycles. The fourth-order valence-electron chi connectivity index (χ4n) is 4.43. The molecule has 0 spiro atoms. The molecule has 1 saturated heterocycles. The number of thioether (sulfide) groups is 1. The van der Waals surface area contributed by atoms with E-state index in [1.165, 1.54) is 4.90 Å². The number of nitrogens with one attached hydrogen (secondary N) is 1. The van der Waals surface area contributed by atoms with Gasteiger partial charge in [0.1, 0.15) is 12.4 Å². The average Bonchev–Trinajstić information content (AvgIpc) is 3.26. The number of ether oxygens (including phenoxy) is 3. The Kier molecular flexibility index (Phi) is 9.54. The molecular formula is C33H29ClN2O6S. The summed E-state index contributed by atoms with van der Waals surface area (Å²) in [6, 6.07) is 24.0. The van der Waals surface area contributed by atoms with Crippen LogP contribution in [0.4, 0.5) is 10.5 Å². The van der Waals surface area contributed by atoms with Crippen molar-refractivity contribution < 1.29 is 28.6 Å². The number of rotatable bonds is 11. The smallest absolute Gasteiger partial charge is 0.293 e. The van der Waals surface area contributed by atoms with E-state index in [2.05, 4.69) is 5.32 Å². The summed E-state index contributed by atoms with van der Waals surface area (Å²) < 4.78 is 17.4. The Morgan fingerprint density at radius 1 is 0.930 bits per heavy atom. The zero-order valence-corrected chi connectivity index (χ0v) is 25.2. The third-order valence-corrected chi connectivity index (χ3v) is 7.89. The molecule has 8 nitrogen and oxygen atoms in total. The molecule has 10 heteroatoms. The van der Waals surface area contributed by atoms with Gasteiger partial charge in [0.05, 0.1) is 18.1 Å².